The molecule has 0 spiro atoms. The van der Waals surface area contributed by atoms with Crippen LogP contribution in [0.2, 0.25) is 0 Å². The topological polar surface area (TPSA) is 20.3 Å². The number of hydrogen-bond donors (Lipinski definition) is 0. The Morgan fingerprint density at radius 1 is 1.29 bits per heavy atom. The van der Waals surface area contributed by atoms with Gasteiger partial charge < -0.3 is 4.90 Å². The minimum Gasteiger partial charge on any atom is -0.340 e. The van der Waals surface area contributed by atoms with Crippen LogP contribution in [0.15, 0.2) is 0 Å². The van der Waals surface area contributed by atoms with Crippen LogP contribution in [0.5, 0.6) is 0 Å². The molecule has 0 aliphatic carbocycles. The summed E-state index contributed by atoms with van der Waals surface area (Å²) in [5.74, 6) is 1.00. The van der Waals surface area contributed by atoms with Gasteiger partial charge in [0.15, 0.2) is 0 Å². The SMILES string of the molecule is CC(C)CCCN(C(=O)CI)C(C)C. The summed E-state index contributed by atoms with van der Waals surface area (Å²) in [7, 11) is 0. The number of carbonyl (C=O) groups excluding carboxylic acids is 1. The number of nitrogens with zero attached hydrogens (tertiary/aromatic N) is 1. The molecule has 0 aromatic heterocycles. The van der Waals surface area contributed by atoms with E-state index in [0.29, 0.717) is 10.5 Å². The molecule has 0 atom stereocenters. The van der Waals surface area contributed by atoms with Gasteiger partial charge >= 0.3 is 0 Å². The third-order valence-electron chi connectivity index (χ3n) is 2.24. The molecule has 3 heteroatoms. The zero-order valence-electron chi connectivity index (χ0n) is 9.72. The highest BCUT2D eigenvalue weighted by atomic mass is 127. The maximum Gasteiger partial charge on any atom is 0.232 e. The lowest BCUT2D eigenvalue weighted by atomic mass is 10.1. The van der Waals surface area contributed by atoms with Crippen molar-refractivity contribution in [3.8, 4) is 0 Å². The van der Waals surface area contributed by atoms with E-state index in [2.05, 4.69) is 50.3 Å². The van der Waals surface area contributed by atoms with E-state index in [1.54, 1.807) is 0 Å². The summed E-state index contributed by atoms with van der Waals surface area (Å²) in [6.45, 7) is 9.52. The molecule has 0 aromatic carbocycles. The lowest BCUT2D eigenvalue weighted by Gasteiger charge is -2.26. The predicted octanol–water partition coefficient (Wildman–Crippen LogP) is 3.09. The van der Waals surface area contributed by atoms with Gasteiger partial charge in [-0.1, -0.05) is 36.4 Å². The van der Waals surface area contributed by atoms with Crippen LogP contribution in [0, 0.1) is 5.92 Å². The third kappa shape index (κ3) is 5.83. The van der Waals surface area contributed by atoms with Gasteiger partial charge in [0, 0.05) is 12.6 Å². The molecule has 0 unspecified atom stereocenters. The van der Waals surface area contributed by atoms with E-state index < -0.39 is 0 Å². The number of alkyl halides is 1. The lowest BCUT2D eigenvalue weighted by molar-refractivity contribution is -0.129. The molecule has 0 N–H and O–H groups in total. The van der Waals surface area contributed by atoms with Gasteiger partial charge in [-0.2, -0.15) is 0 Å². The van der Waals surface area contributed by atoms with Crippen molar-refractivity contribution in [2.24, 2.45) is 5.92 Å². The Kier molecular flexibility index (Phi) is 7.59. The van der Waals surface area contributed by atoms with Crippen LogP contribution in [0.4, 0.5) is 0 Å². The Hall–Kier alpha value is 0.200. The maximum atomic E-state index is 11.5. The molecule has 0 radical (unpaired) electrons. The Labute approximate surface area is 102 Å². The summed E-state index contributed by atoms with van der Waals surface area (Å²) in [6.07, 6.45) is 2.33. The quantitative estimate of drug-likeness (QED) is 0.545. The third-order valence-corrected chi connectivity index (χ3v) is 2.89. The molecule has 2 nitrogen and oxygen atoms in total. The zero-order chi connectivity index (χ0) is 11.1. The maximum absolute atomic E-state index is 11.5. The van der Waals surface area contributed by atoms with Gasteiger partial charge in [0.2, 0.25) is 5.91 Å². The highest BCUT2D eigenvalue weighted by Crippen LogP contribution is 2.08. The summed E-state index contributed by atoms with van der Waals surface area (Å²) in [6, 6.07) is 0.337. The molecule has 0 aromatic rings. The van der Waals surface area contributed by atoms with E-state index in [1.165, 1.54) is 6.42 Å². The minimum atomic E-state index is 0.268. The Bertz CT molecular complexity index is 169. The molecule has 0 fully saturated rings. The summed E-state index contributed by atoms with van der Waals surface area (Å²) in [5, 5.41) is 0. The summed E-state index contributed by atoms with van der Waals surface area (Å²) in [5.41, 5.74) is 0. The fourth-order valence-electron chi connectivity index (χ4n) is 1.42. The average molecular weight is 311 g/mol. The largest absolute Gasteiger partial charge is 0.340 e. The van der Waals surface area contributed by atoms with Crippen LogP contribution in [0.25, 0.3) is 0 Å². The number of rotatable bonds is 6. The second kappa shape index (κ2) is 7.49. The first-order valence-electron chi connectivity index (χ1n) is 5.34. The standard InChI is InChI=1S/C11H22INO/c1-9(2)6-5-7-13(10(3)4)11(14)8-12/h9-10H,5-8H2,1-4H3. The van der Waals surface area contributed by atoms with E-state index >= 15 is 0 Å². The fourth-order valence-corrected chi connectivity index (χ4v) is 1.86. The van der Waals surface area contributed by atoms with Crippen molar-refractivity contribution < 1.29 is 4.79 Å². The lowest BCUT2D eigenvalue weighted by Crippen LogP contribution is -2.38. The van der Waals surface area contributed by atoms with Gasteiger partial charge in [0.05, 0.1) is 4.43 Å². The monoisotopic (exact) mass is 311 g/mol. The zero-order valence-corrected chi connectivity index (χ0v) is 11.9. The number of amides is 1. The second-order valence-corrected chi connectivity index (χ2v) is 5.11. The second-order valence-electron chi connectivity index (χ2n) is 4.35. The molecular formula is C11H22INO. The molecule has 0 heterocycles. The number of carbonyl (C=O) groups is 1. The van der Waals surface area contributed by atoms with Gasteiger partial charge in [0.1, 0.15) is 0 Å². The molecule has 1 amide bonds. The van der Waals surface area contributed by atoms with Gasteiger partial charge in [-0.15, -0.1) is 0 Å². The van der Waals surface area contributed by atoms with Crippen LogP contribution in [-0.2, 0) is 4.79 Å². The Morgan fingerprint density at radius 3 is 2.21 bits per heavy atom. The van der Waals surface area contributed by atoms with E-state index in [1.807, 2.05) is 4.90 Å². The highest BCUT2D eigenvalue weighted by molar-refractivity contribution is 14.1. The van der Waals surface area contributed by atoms with Crippen molar-refractivity contribution in [2.45, 2.75) is 46.6 Å². The van der Waals surface area contributed by atoms with E-state index in [4.69, 9.17) is 0 Å². The molecule has 0 saturated heterocycles. The van der Waals surface area contributed by atoms with Crippen LogP contribution in [0.3, 0.4) is 0 Å². The smallest absolute Gasteiger partial charge is 0.232 e. The van der Waals surface area contributed by atoms with Gasteiger partial charge in [-0.05, 0) is 32.6 Å². The predicted molar refractivity (Wildman–Crippen MR) is 69.8 cm³/mol. The van der Waals surface area contributed by atoms with Gasteiger partial charge in [0.25, 0.3) is 0 Å². The van der Waals surface area contributed by atoms with Crippen molar-refractivity contribution in [2.75, 3.05) is 11.0 Å². The van der Waals surface area contributed by atoms with Gasteiger partial charge in [-0.25, -0.2) is 0 Å². The molecule has 0 rings (SSSR count). The molecule has 84 valence electrons. The Morgan fingerprint density at radius 2 is 1.86 bits per heavy atom. The van der Waals surface area contributed by atoms with E-state index in [9.17, 15) is 4.79 Å². The summed E-state index contributed by atoms with van der Waals surface area (Å²) >= 11 is 2.14. The molecule has 0 aliphatic heterocycles. The van der Waals surface area contributed by atoms with Crippen molar-refractivity contribution in [3.05, 3.63) is 0 Å². The van der Waals surface area contributed by atoms with Crippen molar-refractivity contribution >= 4 is 28.5 Å². The van der Waals surface area contributed by atoms with Crippen LogP contribution in [-0.4, -0.2) is 27.8 Å². The summed E-state index contributed by atoms with van der Waals surface area (Å²) < 4.78 is 0.595. The highest BCUT2D eigenvalue weighted by Gasteiger charge is 2.14. The van der Waals surface area contributed by atoms with Crippen molar-refractivity contribution in [1.82, 2.24) is 4.90 Å². The average Bonchev–Trinajstić information content (AvgIpc) is 2.10. The van der Waals surface area contributed by atoms with Crippen molar-refractivity contribution in [1.29, 1.82) is 0 Å². The minimum absolute atomic E-state index is 0.268. The van der Waals surface area contributed by atoms with E-state index in [0.717, 1.165) is 18.9 Å². The number of hydrogen-bond acceptors (Lipinski definition) is 1. The van der Waals surface area contributed by atoms with Crippen LogP contribution in [0.1, 0.15) is 40.5 Å². The first-order valence-corrected chi connectivity index (χ1v) is 6.87. The van der Waals surface area contributed by atoms with Crippen molar-refractivity contribution in [3.63, 3.8) is 0 Å². The molecule has 0 saturated carbocycles. The van der Waals surface area contributed by atoms with Crippen LogP contribution >= 0.6 is 22.6 Å². The normalized spacial score (nSPS) is 11.1. The first kappa shape index (κ1) is 14.2. The van der Waals surface area contributed by atoms with E-state index in [-0.39, 0.29) is 5.91 Å². The Balaban J connectivity index is 3.92. The summed E-state index contributed by atoms with van der Waals surface area (Å²) in [4.78, 5) is 13.5. The fraction of sp³-hybridized carbons (Fsp3) is 0.909. The molecule has 0 aliphatic rings. The molecule has 0 bridgehead atoms. The first-order chi connectivity index (χ1) is 6.49. The molecule has 14 heavy (non-hydrogen) atoms. The van der Waals surface area contributed by atoms with Gasteiger partial charge in [-0.3, -0.25) is 4.79 Å². The van der Waals surface area contributed by atoms with Crippen LogP contribution < -0.4 is 0 Å². The number of halogens is 1. The molecular weight excluding hydrogens is 289 g/mol.